The molecule has 1 saturated carbocycles. The summed E-state index contributed by atoms with van der Waals surface area (Å²) in [6, 6.07) is 2.05. The Balaban J connectivity index is 1.52. The van der Waals surface area contributed by atoms with Gasteiger partial charge in [0.2, 0.25) is 5.91 Å². The van der Waals surface area contributed by atoms with Crippen molar-refractivity contribution in [2.24, 2.45) is 5.92 Å². The van der Waals surface area contributed by atoms with Crippen LogP contribution >= 0.6 is 0 Å². The number of amides is 1. The third-order valence-electron chi connectivity index (χ3n) is 3.76. The second-order valence-electron chi connectivity index (χ2n) is 5.34. The highest BCUT2D eigenvalue weighted by Crippen LogP contribution is 2.32. The monoisotopic (exact) mass is 263 g/mol. The summed E-state index contributed by atoms with van der Waals surface area (Å²) in [5.74, 6) is 0.517. The zero-order valence-corrected chi connectivity index (χ0v) is 10.9. The Morgan fingerprint density at radius 2 is 2.32 bits per heavy atom. The van der Waals surface area contributed by atoms with E-state index in [1.807, 2.05) is 4.90 Å². The molecule has 1 saturated heterocycles. The van der Waals surface area contributed by atoms with Gasteiger partial charge >= 0.3 is 5.97 Å². The van der Waals surface area contributed by atoms with Crippen molar-refractivity contribution in [1.82, 2.24) is 4.90 Å². The van der Waals surface area contributed by atoms with Crippen LogP contribution in [0.1, 0.15) is 35.4 Å². The lowest BCUT2D eigenvalue weighted by molar-refractivity contribution is -0.128. The summed E-state index contributed by atoms with van der Waals surface area (Å²) in [7, 11) is 0. The van der Waals surface area contributed by atoms with Crippen LogP contribution in [0.25, 0.3) is 0 Å². The highest BCUT2D eigenvalue weighted by atomic mass is 16.5. The maximum atomic E-state index is 11.8. The Morgan fingerprint density at radius 3 is 2.95 bits per heavy atom. The van der Waals surface area contributed by atoms with E-state index in [4.69, 9.17) is 9.15 Å². The van der Waals surface area contributed by atoms with E-state index < -0.39 is 0 Å². The fourth-order valence-corrected chi connectivity index (χ4v) is 2.53. The minimum atomic E-state index is -0.372. The highest BCUT2D eigenvalue weighted by Gasteiger charge is 2.39. The Bertz CT molecular complexity index is 503. The topological polar surface area (TPSA) is 59.8 Å². The minimum Gasteiger partial charge on any atom is -0.469 e. The molecule has 0 radical (unpaired) electrons. The van der Waals surface area contributed by atoms with E-state index in [0.717, 1.165) is 19.4 Å². The summed E-state index contributed by atoms with van der Waals surface area (Å²) >= 11 is 0. The number of nitrogens with zero attached hydrogens (tertiary/aromatic N) is 1. The number of rotatable bonds is 4. The second-order valence-corrected chi connectivity index (χ2v) is 5.34. The van der Waals surface area contributed by atoms with Crippen molar-refractivity contribution < 1.29 is 18.7 Å². The number of aryl methyl sites for hydroxylation is 1. The molecule has 0 unspecified atom stereocenters. The molecule has 1 atom stereocenters. The molecule has 1 aliphatic heterocycles. The number of esters is 1. The van der Waals surface area contributed by atoms with Crippen LogP contribution < -0.4 is 0 Å². The third-order valence-corrected chi connectivity index (χ3v) is 3.76. The summed E-state index contributed by atoms with van der Waals surface area (Å²) < 4.78 is 10.3. The summed E-state index contributed by atoms with van der Waals surface area (Å²) in [5, 5.41) is 0. The van der Waals surface area contributed by atoms with Gasteiger partial charge in [0.25, 0.3) is 0 Å². The third kappa shape index (κ3) is 2.50. The maximum absolute atomic E-state index is 11.8. The summed E-state index contributed by atoms with van der Waals surface area (Å²) in [4.78, 5) is 25.5. The van der Waals surface area contributed by atoms with Gasteiger partial charge in [-0.1, -0.05) is 0 Å². The molecule has 5 heteroatoms. The van der Waals surface area contributed by atoms with Gasteiger partial charge in [0, 0.05) is 24.9 Å². The first-order valence-corrected chi connectivity index (χ1v) is 6.66. The molecule has 1 aromatic heterocycles. The van der Waals surface area contributed by atoms with Crippen molar-refractivity contribution >= 4 is 11.9 Å². The zero-order valence-electron chi connectivity index (χ0n) is 10.9. The lowest BCUT2D eigenvalue weighted by Crippen LogP contribution is -2.27. The van der Waals surface area contributed by atoms with E-state index in [1.165, 1.54) is 6.26 Å². The molecule has 0 bridgehead atoms. The lowest BCUT2D eigenvalue weighted by Gasteiger charge is -2.15. The molecule has 1 aromatic rings. The molecule has 5 nitrogen and oxygen atoms in total. The minimum absolute atomic E-state index is 0.129. The molecule has 2 fully saturated rings. The molecule has 1 amide bonds. The van der Waals surface area contributed by atoms with E-state index in [9.17, 15) is 9.59 Å². The lowest BCUT2D eigenvalue weighted by atomic mass is 10.1. The molecule has 0 N–H and O–H groups in total. The van der Waals surface area contributed by atoms with Crippen molar-refractivity contribution in [1.29, 1.82) is 0 Å². The van der Waals surface area contributed by atoms with Crippen molar-refractivity contribution in [3.63, 3.8) is 0 Å². The Morgan fingerprint density at radius 1 is 1.53 bits per heavy atom. The molecule has 102 valence electrons. The average molecular weight is 263 g/mol. The number of ether oxygens (including phenoxy) is 1. The maximum Gasteiger partial charge on any atom is 0.341 e. The van der Waals surface area contributed by atoms with Gasteiger partial charge in [-0.15, -0.1) is 0 Å². The largest absolute Gasteiger partial charge is 0.469 e. The van der Waals surface area contributed by atoms with Gasteiger partial charge in [-0.05, 0) is 25.8 Å². The Kier molecular flexibility index (Phi) is 3.05. The molecule has 1 aliphatic carbocycles. The van der Waals surface area contributed by atoms with E-state index in [2.05, 4.69) is 0 Å². The van der Waals surface area contributed by atoms with Crippen molar-refractivity contribution in [2.75, 3.05) is 13.2 Å². The van der Waals surface area contributed by atoms with Crippen molar-refractivity contribution in [3.8, 4) is 0 Å². The van der Waals surface area contributed by atoms with Crippen LogP contribution in [0.5, 0.6) is 0 Å². The van der Waals surface area contributed by atoms with Crippen molar-refractivity contribution in [2.45, 2.75) is 32.2 Å². The van der Waals surface area contributed by atoms with Crippen LogP contribution in [0.2, 0.25) is 0 Å². The second kappa shape index (κ2) is 4.72. The molecular weight excluding hydrogens is 246 g/mol. The van der Waals surface area contributed by atoms with Gasteiger partial charge in [-0.2, -0.15) is 0 Å². The van der Waals surface area contributed by atoms with Gasteiger partial charge < -0.3 is 14.1 Å². The van der Waals surface area contributed by atoms with Gasteiger partial charge in [0.05, 0.1) is 12.9 Å². The standard InChI is InChI=1S/C14H17NO4/c1-9-12(4-5-18-9)14(17)19-8-10-6-13(16)15(7-10)11-2-3-11/h4-5,10-11H,2-3,6-8H2,1H3/t10-/m0/s1. The summed E-state index contributed by atoms with van der Waals surface area (Å²) in [5.41, 5.74) is 0.461. The Hall–Kier alpha value is -1.78. The van der Waals surface area contributed by atoms with E-state index in [-0.39, 0.29) is 17.8 Å². The van der Waals surface area contributed by atoms with Crippen LogP contribution in [0, 0.1) is 12.8 Å². The first-order chi connectivity index (χ1) is 9.15. The van der Waals surface area contributed by atoms with Gasteiger partial charge in [0.15, 0.2) is 0 Å². The van der Waals surface area contributed by atoms with Gasteiger partial charge in [-0.25, -0.2) is 4.79 Å². The fraction of sp³-hybridized carbons (Fsp3) is 0.571. The van der Waals surface area contributed by atoms with Crippen LogP contribution in [0.4, 0.5) is 0 Å². The first kappa shape index (κ1) is 12.3. The van der Waals surface area contributed by atoms with E-state index >= 15 is 0 Å². The molecule has 2 heterocycles. The highest BCUT2D eigenvalue weighted by molar-refractivity contribution is 5.90. The van der Waals surface area contributed by atoms with Gasteiger partial charge in [0.1, 0.15) is 11.3 Å². The fourth-order valence-electron chi connectivity index (χ4n) is 2.53. The van der Waals surface area contributed by atoms with Crippen LogP contribution in [-0.2, 0) is 9.53 Å². The van der Waals surface area contributed by atoms with E-state index in [0.29, 0.717) is 30.4 Å². The van der Waals surface area contributed by atoms with Gasteiger partial charge in [-0.3, -0.25) is 4.79 Å². The number of hydrogen-bond donors (Lipinski definition) is 0. The molecule has 3 rings (SSSR count). The number of likely N-dealkylation sites (tertiary alicyclic amines) is 1. The predicted molar refractivity (Wildman–Crippen MR) is 66.6 cm³/mol. The zero-order chi connectivity index (χ0) is 13.4. The molecule has 0 aromatic carbocycles. The first-order valence-electron chi connectivity index (χ1n) is 6.66. The molecule has 0 spiro atoms. The van der Waals surface area contributed by atoms with E-state index in [1.54, 1.807) is 13.0 Å². The summed E-state index contributed by atoms with van der Waals surface area (Å²) in [6.45, 7) is 2.75. The van der Waals surface area contributed by atoms with Crippen molar-refractivity contribution in [3.05, 3.63) is 23.7 Å². The Labute approximate surface area is 111 Å². The number of carbonyl (C=O) groups excluding carboxylic acids is 2. The molecule has 2 aliphatic rings. The predicted octanol–water partition coefficient (Wildman–Crippen LogP) is 1.76. The normalized spacial score (nSPS) is 22.9. The number of furan rings is 1. The quantitative estimate of drug-likeness (QED) is 0.777. The molecule has 19 heavy (non-hydrogen) atoms. The molecular formula is C14H17NO4. The SMILES string of the molecule is Cc1occc1C(=O)OC[C@H]1CC(=O)N(C2CC2)C1. The number of carbonyl (C=O) groups is 2. The van der Waals surface area contributed by atoms with Crippen LogP contribution in [-0.4, -0.2) is 36.0 Å². The number of hydrogen-bond acceptors (Lipinski definition) is 4. The summed E-state index contributed by atoms with van der Waals surface area (Å²) in [6.07, 6.45) is 4.20. The average Bonchev–Trinajstić information content (AvgIpc) is 3.03. The van der Waals surface area contributed by atoms with Crippen LogP contribution in [0.3, 0.4) is 0 Å². The smallest absolute Gasteiger partial charge is 0.341 e. The van der Waals surface area contributed by atoms with Crippen LogP contribution in [0.15, 0.2) is 16.7 Å².